The van der Waals surface area contributed by atoms with Crippen molar-refractivity contribution in [1.29, 1.82) is 0 Å². The fourth-order valence-corrected chi connectivity index (χ4v) is 3.36. The first-order valence-corrected chi connectivity index (χ1v) is 8.78. The van der Waals surface area contributed by atoms with Crippen molar-refractivity contribution in [3.05, 3.63) is 18.0 Å². The van der Waals surface area contributed by atoms with Crippen molar-refractivity contribution in [2.45, 2.75) is 45.1 Å². The van der Waals surface area contributed by atoms with Gasteiger partial charge in [0.15, 0.2) is 11.5 Å². The normalized spacial score (nSPS) is 18.8. The maximum Gasteiger partial charge on any atom is 0.225 e. The summed E-state index contributed by atoms with van der Waals surface area (Å²) in [5.41, 5.74) is 0.810. The number of carbonyl (C=O) groups excluding carboxylic acids is 1. The van der Waals surface area contributed by atoms with Crippen molar-refractivity contribution in [2.24, 2.45) is 5.92 Å². The second kappa shape index (κ2) is 5.72. The van der Waals surface area contributed by atoms with E-state index in [1.807, 2.05) is 42.4 Å². The Kier molecular flexibility index (Phi) is 3.66. The first-order chi connectivity index (χ1) is 11.5. The highest BCUT2D eigenvalue weighted by atomic mass is 16.2. The van der Waals surface area contributed by atoms with Crippen LogP contribution in [0.2, 0.25) is 0 Å². The molecule has 0 aromatic carbocycles. The minimum atomic E-state index is 0.0422. The first kappa shape index (κ1) is 15.4. The Morgan fingerprint density at radius 1 is 1.25 bits per heavy atom. The van der Waals surface area contributed by atoms with Crippen LogP contribution in [0.15, 0.2) is 12.1 Å². The van der Waals surface area contributed by atoms with E-state index in [4.69, 9.17) is 5.10 Å². The molecular formula is C17H24N6O. The molecule has 24 heavy (non-hydrogen) atoms. The lowest BCUT2D eigenvalue weighted by atomic mass is 9.85. The van der Waals surface area contributed by atoms with Crippen molar-refractivity contribution < 1.29 is 4.79 Å². The third kappa shape index (κ3) is 2.42. The monoisotopic (exact) mass is 328 g/mol. The van der Waals surface area contributed by atoms with Crippen LogP contribution in [-0.4, -0.2) is 56.8 Å². The van der Waals surface area contributed by atoms with Crippen molar-refractivity contribution in [1.82, 2.24) is 24.7 Å². The number of hydrogen-bond acceptors (Lipinski definition) is 5. The highest BCUT2D eigenvalue weighted by Gasteiger charge is 2.34. The molecule has 0 radical (unpaired) electrons. The lowest BCUT2D eigenvalue weighted by molar-refractivity contribution is -0.135. The molecule has 2 aliphatic rings. The number of anilines is 1. The Bertz CT molecular complexity index is 760. The van der Waals surface area contributed by atoms with Crippen LogP contribution in [0, 0.1) is 5.92 Å². The minimum Gasteiger partial charge on any atom is -0.351 e. The van der Waals surface area contributed by atoms with Crippen molar-refractivity contribution in [3.63, 3.8) is 0 Å². The minimum absolute atomic E-state index is 0.0422. The highest BCUT2D eigenvalue weighted by molar-refractivity contribution is 5.78. The summed E-state index contributed by atoms with van der Waals surface area (Å²) in [6.45, 7) is 5.54. The zero-order valence-corrected chi connectivity index (χ0v) is 14.5. The first-order valence-electron chi connectivity index (χ1n) is 8.78. The number of carbonyl (C=O) groups is 1. The summed E-state index contributed by atoms with van der Waals surface area (Å²) in [6.07, 6.45) is 3.63. The average molecular weight is 328 g/mol. The Labute approximate surface area is 141 Å². The second-order valence-electron chi connectivity index (χ2n) is 7.31. The molecular weight excluding hydrogens is 304 g/mol. The molecule has 7 heteroatoms. The molecule has 1 saturated heterocycles. The topological polar surface area (TPSA) is 66.6 Å². The van der Waals surface area contributed by atoms with E-state index in [0.717, 1.165) is 30.4 Å². The van der Waals surface area contributed by atoms with E-state index >= 15 is 0 Å². The number of fused-ring (bicyclic) bond motifs is 1. The number of nitrogens with zero attached hydrogens (tertiary/aromatic N) is 6. The molecule has 2 fully saturated rings. The number of rotatable bonds is 4. The number of aromatic nitrogens is 4. The van der Waals surface area contributed by atoms with Gasteiger partial charge in [-0.25, -0.2) is 0 Å². The Morgan fingerprint density at radius 2 is 2.00 bits per heavy atom. The zero-order valence-electron chi connectivity index (χ0n) is 14.5. The third-order valence-electron chi connectivity index (χ3n) is 5.32. The number of hydrogen-bond donors (Lipinski definition) is 0. The van der Waals surface area contributed by atoms with E-state index < -0.39 is 0 Å². The van der Waals surface area contributed by atoms with Gasteiger partial charge in [0.1, 0.15) is 5.82 Å². The molecule has 0 atom stereocenters. The second-order valence-corrected chi connectivity index (χ2v) is 7.31. The molecule has 2 aromatic heterocycles. The molecule has 1 saturated carbocycles. The van der Waals surface area contributed by atoms with Crippen LogP contribution in [0.25, 0.3) is 5.65 Å². The molecule has 128 valence electrons. The molecule has 0 spiro atoms. The van der Waals surface area contributed by atoms with Gasteiger partial charge >= 0.3 is 0 Å². The fraction of sp³-hybridized carbons (Fsp3) is 0.647. The summed E-state index contributed by atoms with van der Waals surface area (Å²) in [5.74, 6) is 2.67. The Balaban J connectivity index is 1.49. The lowest BCUT2D eigenvalue weighted by Crippen LogP contribution is -2.60. The summed E-state index contributed by atoms with van der Waals surface area (Å²) in [6, 6.07) is 4.24. The Hall–Kier alpha value is -2.18. The van der Waals surface area contributed by atoms with Crippen LogP contribution < -0.4 is 4.90 Å². The number of amides is 1. The number of likely N-dealkylation sites (N-methyl/N-ethyl adjacent to an activating group) is 1. The molecule has 1 amide bonds. The summed E-state index contributed by atoms with van der Waals surface area (Å²) in [7, 11) is 1.90. The molecule has 1 aliphatic carbocycles. The van der Waals surface area contributed by atoms with E-state index in [1.165, 1.54) is 19.3 Å². The zero-order chi connectivity index (χ0) is 16.8. The molecule has 7 nitrogen and oxygen atoms in total. The van der Waals surface area contributed by atoms with Crippen LogP contribution in [-0.2, 0) is 4.79 Å². The van der Waals surface area contributed by atoms with E-state index in [9.17, 15) is 4.79 Å². The van der Waals surface area contributed by atoms with E-state index in [0.29, 0.717) is 5.92 Å². The van der Waals surface area contributed by atoms with Crippen molar-refractivity contribution >= 4 is 17.4 Å². The van der Waals surface area contributed by atoms with Crippen LogP contribution in [0.5, 0.6) is 0 Å². The summed E-state index contributed by atoms with van der Waals surface area (Å²) < 4.78 is 1.90. The van der Waals surface area contributed by atoms with E-state index in [1.54, 1.807) is 0 Å². The average Bonchev–Trinajstić information content (AvgIpc) is 2.86. The van der Waals surface area contributed by atoms with Gasteiger partial charge in [0.05, 0.1) is 6.04 Å². The van der Waals surface area contributed by atoms with Gasteiger partial charge in [-0.3, -0.25) is 4.79 Å². The van der Waals surface area contributed by atoms with Crippen LogP contribution in [0.4, 0.5) is 5.82 Å². The van der Waals surface area contributed by atoms with E-state index in [2.05, 4.69) is 15.1 Å². The Morgan fingerprint density at radius 3 is 2.62 bits per heavy atom. The smallest absolute Gasteiger partial charge is 0.225 e. The van der Waals surface area contributed by atoms with Crippen LogP contribution in [0.1, 0.15) is 44.9 Å². The summed E-state index contributed by atoms with van der Waals surface area (Å²) in [5, 5.41) is 13.3. The van der Waals surface area contributed by atoms with Gasteiger partial charge in [-0.05, 0) is 25.0 Å². The molecule has 0 N–H and O–H groups in total. The predicted molar refractivity (Wildman–Crippen MR) is 91.0 cm³/mol. The fourth-order valence-electron chi connectivity index (χ4n) is 3.36. The van der Waals surface area contributed by atoms with Gasteiger partial charge in [-0.1, -0.05) is 20.3 Å². The predicted octanol–water partition coefficient (Wildman–Crippen LogP) is 1.69. The van der Waals surface area contributed by atoms with Crippen LogP contribution in [0.3, 0.4) is 0 Å². The maximum absolute atomic E-state index is 12.1. The highest BCUT2D eigenvalue weighted by Crippen LogP contribution is 2.35. The largest absolute Gasteiger partial charge is 0.351 e. The molecule has 0 unspecified atom stereocenters. The van der Waals surface area contributed by atoms with Gasteiger partial charge in [-0.2, -0.15) is 4.52 Å². The molecule has 2 aromatic rings. The molecule has 0 bridgehead atoms. The molecule has 4 rings (SSSR count). The molecule has 3 heterocycles. The molecule has 1 aliphatic heterocycles. The SMILES string of the molecule is CC(C)C(=O)N(C)C1CN(c2ccc3nnc(C4CCC4)n3n2)C1. The van der Waals surface area contributed by atoms with Gasteiger partial charge in [0, 0.05) is 32.0 Å². The summed E-state index contributed by atoms with van der Waals surface area (Å²) >= 11 is 0. The van der Waals surface area contributed by atoms with Crippen LogP contribution >= 0.6 is 0 Å². The van der Waals surface area contributed by atoms with E-state index in [-0.39, 0.29) is 17.9 Å². The third-order valence-corrected chi connectivity index (χ3v) is 5.32. The van der Waals surface area contributed by atoms with Gasteiger partial charge < -0.3 is 9.80 Å². The standard InChI is InChI=1S/C17H24N6O/c1-11(2)17(24)21(3)13-9-22(10-13)15-8-7-14-18-19-16(23(14)20-15)12-5-4-6-12/h7-8,11-13H,4-6,9-10H2,1-3H3. The maximum atomic E-state index is 12.1. The lowest BCUT2D eigenvalue weighted by Gasteiger charge is -2.45. The van der Waals surface area contributed by atoms with Gasteiger partial charge in [0.25, 0.3) is 0 Å². The summed E-state index contributed by atoms with van der Waals surface area (Å²) in [4.78, 5) is 16.2. The quantitative estimate of drug-likeness (QED) is 0.854. The van der Waals surface area contributed by atoms with Crippen molar-refractivity contribution in [2.75, 3.05) is 25.0 Å². The van der Waals surface area contributed by atoms with Gasteiger partial charge in [0.2, 0.25) is 5.91 Å². The van der Waals surface area contributed by atoms with Crippen molar-refractivity contribution in [3.8, 4) is 0 Å². The van der Waals surface area contributed by atoms with Gasteiger partial charge in [-0.15, -0.1) is 15.3 Å².